The fourth-order valence-corrected chi connectivity index (χ4v) is 4.54. The van der Waals surface area contributed by atoms with Gasteiger partial charge in [-0.1, -0.05) is 22.4 Å². The standard InChI is InChI=1S/C17H15BrN2O4S2/c18-9-5-6-11-10(8-9)13(15(23)19-11)14-16(24)20(17(25)26-14)7-3-1-2-4-12(21)22/h5-6,8,24H,1-4,7H2,(H,21,22). The Balaban J connectivity index is 1.90. The number of amides is 1. The molecule has 9 heteroatoms. The molecule has 1 aliphatic rings. The number of nitrogens with zero attached hydrogens (tertiary/aromatic N) is 2. The lowest BCUT2D eigenvalue weighted by Gasteiger charge is -2.05. The van der Waals surface area contributed by atoms with Gasteiger partial charge in [0.1, 0.15) is 4.88 Å². The molecule has 1 aromatic carbocycles. The van der Waals surface area contributed by atoms with Gasteiger partial charge in [-0.05, 0) is 43.3 Å². The third kappa shape index (κ3) is 3.79. The van der Waals surface area contributed by atoms with Crippen LogP contribution in [0.15, 0.2) is 27.7 Å². The lowest BCUT2D eigenvalue weighted by atomic mass is 10.1. The van der Waals surface area contributed by atoms with Crippen LogP contribution in [0.4, 0.5) is 0 Å². The second kappa shape index (κ2) is 7.81. The van der Waals surface area contributed by atoms with Gasteiger partial charge >= 0.3 is 5.97 Å². The zero-order valence-corrected chi connectivity index (χ0v) is 16.8. The molecule has 1 aromatic heterocycles. The minimum atomic E-state index is -0.813. The molecule has 0 aliphatic carbocycles. The van der Waals surface area contributed by atoms with Gasteiger partial charge in [0, 0.05) is 22.7 Å². The largest absolute Gasteiger partial charge is 0.493 e. The number of halogens is 1. The van der Waals surface area contributed by atoms with Gasteiger partial charge in [-0.25, -0.2) is 4.99 Å². The average molecular weight is 455 g/mol. The summed E-state index contributed by atoms with van der Waals surface area (Å²) in [6.07, 6.45) is 2.13. The Labute approximate surface area is 166 Å². The van der Waals surface area contributed by atoms with Crippen LogP contribution in [-0.4, -0.2) is 26.7 Å². The Morgan fingerprint density at radius 2 is 2.08 bits per heavy atom. The molecule has 6 nitrogen and oxygen atoms in total. The zero-order chi connectivity index (χ0) is 18.8. The first-order valence-corrected chi connectivity index (χ1v) is 9.98. The van der Waals surface area contributed by atoms with Crippen LogP contribution in [0.5, 0.6) is 5.88 Å². The molecule has 0 fully saturated rings. The molecule has 3 rings (SSSR count). The second-order valence-electron chi connectivity index (χ2n) is 5.83. The number of hydrogen-bond acceptors (Lipinski definition) is 5. The molecule has 0 bridgehead atoms. The maximum atomic E-state index is 12.4. The Hall–Kier alpha value is -1.84. The van der Waals surface area contributed by atoms with Crippen molar-refractivity contribution in [3.63, 3.8) is 0 Å². The number of aromatic nitrogens is 1. The molecule has 0 radical (unpaired) electrons. The molecular formula is C17H15BrN2O4S2. The molecule has 1 amide bonds. The Morgan fingerprint density at radius 1 is 1.31 bits per heavy atom. The van der Waals surface area contributed by atoms with Crippen molar-refractivity contribution in [2.45, 2.75) is 32.2 Å². The number of rotatable bonds is 7. The summed E-state index contributed by atoms with van der Waals surface area (Å²) in [5.74, 6) is -1.24. The van der Waals surface area contributed by atoms with E-state index in [1.54, 1.807) is 16.7 Å². The van der Waals surface area contributed by atoms with Crippen molar-refractivity contribution in [1.29, 1.82) is 0 Å². The van der Waals surface area contributed by atoms with Crippen LogP contribution in [0.2, 0.25) is 0 Å². The molecule has 2 N–H and O–H groups in total. The van der Waals surface area contributed by atoms with Gasteiger partial charge in [0.2, 0.25) is 5.88 Å². The van der Waals surface area contributed by atoms with Gasteiger partial charge in [-0.15, -0.1) is 11.3 Å². The number of carbonyl (C=O) groups excluding carboxylic acids is 1. The Kier molecular flexibility index (Phi) is 5.69. The number of aliphatic carboxylic acids is 1. The van der Waals surface area contributed by atoms with Crippen LogP contribution in [0, 0.1) is 3.95 Å². The molecular weight excluding hydrogens is 440 g/mol. The van der Waals surface area contributed by atoms with E-state index < -0.39 is 11.9 Å². The molecule has 0 atom stereocenters. The third-order valence-corrected chi connectivity index (χ3v) is 5.98. The molecule has 0 unspecified atom stereocenters. The predicted octanol–water partition coefficient (Wildman–Crippen LogP) is 2.75. The summed E-state index contributed by atoms with van der Waals surface area (Å²) in [6.45, 7) is 0.477. The summed E-state index contributed by atoms with van der Waals surface area (Å²) in [4.78, 5) is 27.4. The number of hydrogen-bond donors (Lipinski definition) is 2. The minimum absolute atomic E-state index is 0.0374. The molecule has 136 valence electrons. The van der Waals surface area contributed by atoms with Crippen molar-refractivity contribution >= 4 is 56.9 Å². The quantitative estimate of drug-likeness (QED) is 0.495. The van der Waals surface area contributed by atoms with Crippen molar-refractivity contribution in [1.82, 2.24) is 4.57 Å². The third-order valence-electron chi connectivity index (χ3n) is 4.03. The van der Waals surface area contributed by atoms with E-state index in [2.05, 4.69) is 20.9 Å². The summed E-state index contributed by atoms with van der Waals surface area (Å²) in [7, 11) is 0. The molecule has 2 heterocycles. The number of benzene rings is 1. The van der Waals surface area contributed by atoms with E-state index in [4.69, 9.17) is 17.3 Å². The normalized spacial score (nSPS) is 13.0. The van der Waals surface area contributed by atoms with Crippen LogP contribution in [0.25, 0.3) is 5.57 Å². The Morgan fingerprint density at radius 3 is 2.81 bits per heavy atom. The highest BCUT2D eigenvalue weighted by Gasteiger charge is 2.25. The van der Waals surface area contributed by atoms with Crippen LogP contribution in [-0.2, 0) is 16.1 Å². The average Bonchev–Trinajstić information content (AvgIpc) is 3.03. The fraction of sp³-hybridized carbons (Fsp3) is 0.294. The SMILES string of the molecule is O=C(O)CCCCCn1c(O)c(C2=c3cc(Br)ccc3=NC2=O)sc1=S. The van der Waals surface area contributed by atoms with Crippen molar-refractivity contribution in [2.24, 2.45) is 4.99 Å². The van der Waals surface area contributed by atoms with Crippen LogP contribution in [0.1, 0.15) is 30.6 Å². The van der Waals surface area contributed by atoms with E-state index >= 15 is 0 Å². The van der Waals surface area contributed by atoms with E-state index in [-0.39, 0.29) is 12.3 Å². The molecule has 0 saturated carbocycles. The summed E-state index contributed by atoms with van der Waals surface area (Å²) >= 11 is 9.91. The maximum Gasteiger partial charge on any atom is 0.303 e. The number of carbonyl (C=O) groups is 2. The number of fused-ring (bicyclic) bond motifs is 1. The highest BCUT2D eigenvalue weighted by atomic mass is 79.9. The monoisotopic (exact) mass is 454 g/mol. The van der Waals surface area contributed by atoms with Crippen LogP contribution < -0.4 is 10.6 Å². The highest BCUT2D eigenvalue weighted by molar-refractivity contribution is 9.10. The zero-order valence-electron chi connectivity index (χ0n) is 13.6. The van der Waals surface area contributed by atoms with E-state index in [1.807, 2.05) is 6.07 Å². The predicted molar refractivity (Wildman–Crippen MR) is 103 cm³/mol. The van der Waals surface area contributed by atoms with E-state index in [0.29, 0.717) is 44.4 Å². The first kappa shape index (κ1) is 18.9. The van der Waals surface area contributed by atoms with Crippen LogP contribution >= 0.6 is 39.5 Å². The smallest absolute Gasteiger partial charge is 0.303 e. The van der Waals surface area contributed by atoms with E-state index in [9.17, 15) is 14.7 Å². The number of carboxylic acids is 1. The van der Waals surface area contributed by atoms with Crippen molar-refractivity contribution in [3.8, 4) is 5.88 Å². The van der Waals surface area contributed by atoms with Gasteiger partial charge in [0.25, 0.3) is 5.91 Å². The van der Waals surface area contributed by atoms with E-state index in [1.165, 1.54) is 11.3 Å². The molecule has 1 aliphatic heterocycles. The van der Waals surface area contributed by atoms with Gasteiger partial charge in [-0.2, -0.15) is 0 Å². The van der Waals surface area contributed by atoms with Crippen LogP contribution in [0.3, 0.4) is 0 Å². The minimum Gasteiger partial charge on any atom is -0.493 e. The number of thiazole rings is 1. The number of unbranched alkanes of at least 4 members (excludes halogenated alkanes) is 2. The molecule has 0 spiro atoms. The first-order chi connectivity index (χ1) is 12.4. The van der Waals surface area contributed by atoms with Gasteiger partial charge in [0.05, 0.1) is 10.9 Å². The summed E-state index contributed by atoms with van der Waals surface area (Å²) in [5, 5.41) is 20.5. The van der Waals surface area contributed by atoms with Crippen molar-refractivity contribution in [2.75, 3.05) is 0 Å². The van der Waals surface area contributed by atoms with Gasteiger partial charge in [0.15, 0.2) is 3.95 Å². The lowest BCUT2D eigenvalue weighted by Crippen LogP contribution is -2.22. The number of aromatic hydroxyl groups is 1. The molecule has 2 aromatic rings. The maximum absolute atomic E-state index is 12.4. The Bertz CT molecular complexity index is 1070. The van der Waals surface area contributed by atoms with Crippen molar-refractivity contribution in [3.05, 3.63) is 42.1 Å². The first-order valence-electron chi connectivity index (χ1n) is 7.96. The summed E-state index contributed by atoms with van der Waals surface area (Å²) in [6, 6.07) is 5.36. The van der Waals surface area contributed by atoms with Gasteiger partial charge in [-0.3, -0.25) is 14.2 Å². The van der Waals surface area contributed by atoms with Crippen molar-refractivity contribution < 1.29 is 19.8 Å². The number of carboxylic acid groups (broad SMARTS) is 1. The summed E-state index contributed by atoms with van der Waals surface area (Å²) in [5.41, 5.74) is 0.361. The molecule has 26 heavy (non-hydrogen) atoms. The van der Waals surface area contributed by atoms with Gasteiger partial charge < -0.3 is 10.2 Å². The molecule has 0 saturated heterocycles. The highest BCUT2D eigenvalue weighted by Crippen LogP contribution is 2.33. The summed E-state index contributed by atoms with van der Waals surface area (Å²) < 4.78 is 2.88. The fourth-order valence-electron chi connectivity index (χ4n) is 2.79. The topological polar surface area (TPSA) is 91.9 Å². The second-order valence-corrected chi connectivity index (χ2v) is 8.39. The lowest BCUT2D eigenvalue weighted by molar-refractivity contribution is -0.137. The van der Waals surface area contributed by atoms with E-state index in [0.717, 1.165) is 10.9 Å².